The summed E-state index contributed by atoms with van der Waals surface area (Å²) in [5, 5.41) is 9.33. The van der Waals surface area contributed by atoms with E-state index in [1.165, 1.54) is 0 Å². The Balaban J connectivity index is 1.76. The van der Waals surface area contributed by atoms with Crippen LogP contribution in [0.15, 0.2) is 10.6 Å². The molecule has 2 N–H and O–H groups in total. The summed E-state index contributed by atoms with van der Waals surface area (Å²) in [6, 6.07) is 1.66. The third-order valence-corrected chi connectivity index (χ3v) is 2.44. The Hall–Kier alpha value is -1.40. The van der Waals surface area contributed by atoms with Crippen LogP contribution in [0.1, 0.15) is 12.6 Å². The number of hydrogen-bond donors (Lipinski definition) is 2. The first-order valence-corrected chi connectivity index (χ1v) is 5.15. The number of hydrogen-bond acceptors (Lipinski definition) is 5. The van der Waals surface area contributed by atoms with Gasteiger partial charge < -0.3 is 14.6 Å². The molecule has 1 aromatic rings. The lowest BCUT2D eigenvalue weighted by atomic mass is 10.0. The van der Waals surface area contributed by atoms with Gasteiger partial charge in [-0.2, -0.15) is 0 Å². The third-order valence-electron chi connectivity index (χ3n) is 2.44. The molecule has 0 aliphatic carbocycles. The topological polar surface area (TPSA) is 76.4 Å². The molecule has 1 saturated heterocycles. The molecule has 0 bridgehead atoms. The van der Waals surface area contributed by atoms with Gasteiger partial charge in [0.1, 0.15) is 6.61 Å². The van der Waals surface area contributed by atoms with E-state index in [-0.39, 0.29) is 18.1 Å². The maximum atomic E-state index is 11.5. The van der Waals surface area contributed by atoms with E-state index in [0.29, 0.717) is 5.88 Å². The Labute approximate surface area is 93.3 Å². The van der Waals surface area contributed by atoms with Crippen LogP contribution in [0.2, 0.25) is 0 Å². The zero-order valence-electron chi connectivity index (χ0n) is 9.37. The number of aryl methyl sites for hydroxylation is 1. The minimum absolute atomic E-state index is 0.0257. The predicted molar refractivity (Wildman–Crippen MR) is 57.1 cm³/mol. The summed E-state index contributed by atoms with van der Waals surface area (Å²) in [7, 11) is 0. The second-order valence-corrected chi connectivity index (χ2v) is 4.22. The minimum atomic E-state index is -0.232. The lowest BCUT2D eigenvalue weighted by Crippen LogP contribution is -2.59. The second-order valence-electron chi connectivity index (χ2n) is 4.22. The molecule has 16 heavy (non-hydrogen) atoms. The number of nitrogens with zero attached hydrogens (tertiary/aromatic N) is 1. The summed E-state index contributed by atoms with van der Waals surface area (Å²) in [5.74, 6) is 0.118. The number of rotatable bonds is 4. The summed E-state index contributed by atoms with van der Waals surface area (Å²) >= 11 is 0. The van der Waals surface area contributed by atoms with E-state index in [1.54, 1.807) is 13.0 Å². The summed E-state index contributed by atoms with van der Waals surface area (Å²) in [5.41, 5.74) is 0.515. The fourth-order valence-corrected chi connectivity index (χ4v) is 1.41. The van der Waals surface area contributed by atoms with Crippen LogP contribution >= 0.6 is 0 Å². The maximum absolute atomic E-state index is 11.5. The average molecular weight is 225 g/mol. The first-order chi connectivity index (χ1) is 7.57. The Kier molecular flexibility index (Phi) is 2.93. The molecule has 0 aromatic carbocycles. The predicted octanol–water partition coefficient (Wildman–Crippen LogP) is 0.300. The fraction of sp³-hybridized carbons (Fsp3) is 0.600. The lowest BCUT2D eigenvalue weighted by Gasteiger charge is -2.38. The molecule has 88 valence electrons. The molecule has 6 nitrogen and oxygen atoms in total. The molecule has 0 unspecified atom stereocenters. The smallest absolute Gasteiger partial charge is 0.252 e. The fourth-order valence-electron chi connectivity index (χ4n) is 1.41. The number of ether oxygens (including phenoxy) is 1. The highest BCUT2D eigenvalue weighted by Gasteiger charge is 2.33. The molecular formula is C10H15N3O3. The van der Waals surface area contributed by atoms with Gasteiger partial charge in [-0.25, -0.2) is 0 Å². The molecule has 0 spiro atoms. The van der Waals surface area contributed by atoms with Gasteiger partial charge in [-0.15, -0.1) is 0 Å². The first kappa shape index (κ1) is 11.1. The van der Waals surface area contributed by atoms with Gasteiger partial charge in [0.2, 0.25) is 5.88 Å². The summed E-state index contributed by atoms with van der Waals surface area (Å²) in [6.07, 6.45) is 0. The number of aromatic nitrogens is 1. The van der Waals surface area contributed by atoms with Crippen molar-refractivity contribution in [3.8, 4) is 0 Å². The van der Waals surface area contributed by atoms with Gasteiger partial charge >= 0.3 is 0 Å². The molecule has 0 saturated carbocycles. The third kappa shape index (κ3) is 2.59. The number of carbonyl (C=O) groups excluding carboxylic acids is 1. The van der Waals surface area contributed by atoms with Crippen LogP contribution in [0, 0.1) is 6.92 Å². The van der Waals surface area contributed by atoms with Crippen molar-refractivity contribution >= 4 is 11.8 Å². The lowest BCUT2D eigenvalue weighted by molar-refractivity contribution is -0.130. The van der Waals surface area contributed by atoms with Crippen molar-refractivity contribution in [2.45, 2.75) is 19.4 Å². The van der Waals surface area contributed by atoms with Crippen LogP contribution in [-0.2, 0) is 9.53 Å². The van der Waals surface area contributed by atoms with Crippen molar-refractivity contribution in [1.29, 1.82) is 0 Å². The molecule has 2 rings (SSSR count). The average Bonchev–Trinajstić information content (AvgIpc) is 2.58. The second kappa shape index (κ2) is 4.23. The highest BCUT2D eigenvalue weighted by molar-refractivity contribution is 5.90. The van der Waals surface area contributed by atoms with Crippen LogP contribution in [0.4, 0.5) is 5.88 Å². The van der Waals surface area contributed by atoms with Crippen LogP contribution in [0.5, 0.6) is 0 Å². The molecule has 2 heterocycles. The van der Waals surface area contributed by atoms with Gasteiger partial charge in [0.25, 0.3) is 5.91 Å². The Bertz CT molecular complexity index is 384. The van der Waals surface area contributed by atoms with E-state index in [4.69, 9.17) is 9.26 Å². The molecule has 0 atom stereocenters. The van der Waals surface area contributed by atoms with E-state index in [9.17, 15) is 4.79 Å². The van der Waals surface area contributed by atoms with Crippen LogP contribution in [0.25, 0.3) is 0 Å². The summed E-state index contributed by atoms with van der Waals surface area (Å²) < 4.78 is 10.3. The standard InChI is InChI=1S/C10H15N3O3/c1-7-3-9(16-13-7)12-8(14)4-15-10(2)5-11-6-10/h3,11H,4-6H2,1-2H3,(H,12,14). The number of carbonyl (C=O) groups is 1. The minimum Gasteiger partial charge on any atom is -0.363 e. The van der Waals surface area contributed by atoms with Crippen molar-refractivity contribution in [2.75, 3.05) is 25.0 Å². The van der Waals surface area contributed by atoms with Gasteiger partial charge in [-0.1, -0.05) is 5.16 Å². The van der Waals surface area contributed by atoms with Crippen molar-refractivity contribution in [3.05, 3.63) is 11.8 Å². The number of anilines is 1. The Morgan fingerprint density at radius 2 is 2.50 bits per heavy atom. The zero-order chi connectivity index (χ0) is 11.6. The van der Waals surface area contributed by atoms with Crippen molar-refractivity contribution in [3.63, 3.8) is 0 Å². The first-order valence-electron chi connectivity index (χ1n) is 5.15. The normalized spacial score (nSPS) is 17.9. The SMILES string of the molecule is Cc1cc(NC(=O)COC2(C)CNC2)on1. The van der Waals surface area contributed by atoms with E-state index < -0.39 is 0 Å². The van der Waals surface area contributed by atoms with Gasteiger partial charge in [-0.05, 0) is 13.8 Å². The highest BCUT2D eigenvalue weighted by Crippen LogP contribution is 2.15. The quantitative estimate of drug-likeness (QED) is 0.770. The van der Waals surface area contributed by atoms with Gasteiger partial charge in [0, 0.05) is 19.2 Å². The van der Waals surface area contributed by atoms with Crippen molar-refractivity contribution in [1.82, 2.24) is 10.5 Å². The summed E-state index contributed by atoms with van der Waals surface area (Å²) in [6.45, 7) is 5.34. The molecule has 1 aliphatic rings. The zero-order valence-corrected chi connectivity index (χ0v) is 9.37. The van der Waals surface area contributed by atoms with E-state index in [1.807, 2.05) is 6.92 Å². The Morgan fingerprint density at radius 3 is 3.00 bits per heavy atom. The van der Waals surface area contributed by atoms with Crippen molar-refractivity contribution in [2.24, 2.45) is 0 Å². The molecule has 1 fully saturated rings. The van der Waals surface area contributed by atoms with E-state index in [2.05, 4.69) is 15.8 Å². The Morgan fingerprint density at radius 1 is 1.75 bits per heavy atom. The maximum Gasteiger partial charge on any atom is 0.252 e. The monoisotopic (exact) mass is 225 g/mol. The van der Waals surface area contributed by atoms with Gasteiger partial charge in [0.05, 0.1) is 11.3 Å². The van der Waals surface area contributed by atoms with Crippen LogP contribution in [0.3, 0.4) is 0 Å². The largest absolute Gasteiger partial charge is 0.363 e. The molecule has 1 aromatic heterocycles. The number of nitrogens with one attached hydrogen (secondary N) is 2. The highest BCUT2D eigenvalue weighted by atomic mass is 16.5. The molecule has 1 amide bonds. The molecular weight excluding hydrogens is 210 g/mol. The summed E-state index contributed by atoms with van der Waals surface area (Å²) in [4.78, 5) is 11.5. The van der Waals surface area contributed by atoms with E-state index in [0.717, 1.165) is 18.8 Å². The van der Waals surface area contributed by atoms with Crippen molar-refractivity contribution < 1.29 is 14.1 Å². The molecule has 6 heteroatoms. The van der Waals surface area contributed by atoms with E-state index >= 15 is 0 Å². The molecule has 0 radical (unpaired) electrons. The van der Waals surface area contributed by atoms with Gasteiger partial charge in [0.15, 0.2) is 0 Å². The number of amides is 1. The van der Waals surface area contributed by atoms with Gasteiger partial charge in [-0.3, -0.25) is 10.1 Å². The molecule has 1 aliphatic heterocycles. The van der Waals surface area contributed by atoms with Crippen LogP contribution < -0.4 is 10.6 Å². The van der Waals surface area contributed by atoms with Crippen LogP contribution in [-0.4, -0.2) is 36.4 Å².